The Hall–Kier alpha value is -2.46. The van der Waals surface area contributed by atoms with Crippen molar-refractivity contribution in [3.8, 4) is 0 Å². The third kappa shape index (κ3) is 4.77. The van der Waals surface area contributed by atoms with Gasteiger partial charge in [-0.3, -0.25) is 4.79 Å². The molecule has 1 unspecified atom stereocenters. The van der Waals surface area contributed by atoms with E-state index in [1.54, 1.807) is 0 Å². The van der Waals surface area contributed by atoms with Gasteiger partial charge in [0.25, 0.3) is 0 Å². The maximum absolute atomic E-state index is 12.6. The molecule has 1 atom stereocenters. The van der Waals surface area contributed by atoms with Gasteiger partial charge in [-0.25, -0.2) is 22.3 Å². The Morgan fingerprint density at radius 1 is 1.08 bits per heavy atom. The molecular weight excluding hydrogens is 354 g/mol. The number of rotatable bonds is 7. The molecule has 0 aliphatic rings. The summed E-state index contributed by atoms with van der Waals surface area (Å²) in [6, 6.07) is 3.25. The van der Waals surface area contributed by atoms with Crippen LogP contribution in [-0.2, 0) is 24.3 Å². The van der Waals surface area contributed by atoms with Crippen LogP contribution in [0.3, 0.4) is 0 Å². The summed E-state index contributed by atoms with van der Waals surface area (Å²) >= 11 is 0. The van der Waals surface area contributed by atoms with Gasteiger partial charge in [0, 0.05) is 13.6 Å². The highest BCUT2D eigenvalue weighted by atomic mass is 32.2. The minimum absolute atomic E-state index is 0.149. The lowest BCUT2D eigenvalue weighted by Crippen LogP contribution is -2.34. The van der Waals surface area contributed by atoms with Crippen molar-refractivity contribution < 1.29 is 37.4 Å². The number of hydrogen-bond donors (Lipinski definition) is 1. The van der Waals surface area contributed by atoms with E-state index in [4.69, 9.17) is 5.11 Å². The molecule has 0 fully saturated rings. The van der Waals surface area contributed by atoms with Crippen molar-refractivity contribution in [2.75, 3.05) is 27.8 Å². The molecule has 0 bridgehead atoms. The van der Waals surface area contributed by atoms with Crippen LogP contribution in [0.25, 0.3) is 0 Å². The predicted molar refractivity (Wildman–Crippen MR) is 85.7 cm³/mol. The van der Waals surface area contributed by atoms with Crippen molar-refractivity contribution >= 4 is 27.9 Å². The van der Waals surface area contributed by atoms with Crippen LogP contribution in [0.4, 0.5) is 0 Å². The van der Waals surface area contributed by atoms with E-state index in [0.717, 1.165) is 36.7 Å². The highest BCUT2D eigenvalue weighted by Crippen LogP contribution is 2.21. The average molecular weight is 373 g/mol. The molecule has 1 aromatic carbocycles. The molecule has 0 radical (unpaired) electrons. The van der Waals surface area contributed by atoms with E-state index in [1.807, 2.05) is 0 Å². The van der Waals surface area contributed by atoms with E-state index in [1.165, 1.54) is 14.0 Å². The van der Waals surface area contributed by atoms with Crippen LogP contribution < -0.4 is 0 Å². The molecule has 0 aliphatic heterocycles. The molecule has 0 spiro atoms. The van der Waals surface area contributed by atoms with Crippen molar-refractivity contribution in [2.24, 2.45) is 5.92 Å². The Balaban J connectivity index is 3.40. The van der Waals surface area contributed by atoms with Crippen LogP contribution in [0.2, 0.25) is 0 Å². The zero-order valence-corrected chi connectivity index (χ0v) is 15.0. The van der Waals surface area contributed by atoms with Crippen LogP contribution in [-0.4, -0.2) is 63.5 Å². The molecule has 0 amide bonds. The molecule has 1 aromatic rings. The van der Waals surface area contributed by atoms with Crippen LogP contribution in [0.15, 0.2) is 23.1 Å². The Bertz CT molecular complexity index is 752. The van der Waals surface area contributed by atoms with Crippen molar-refractivity contribution in [1.29, 1.82) is 0 Å². The number of hydrogen-bond acceptors (Lipinski definition) is 7. The third-order valence-corrected chi connectivity index (χ3v) is 5.21. The van der Waals surface area contributed by atoms with Gasteiger partial charge in [-0.15, -0.1) is 0 Å². The fourth-order valence-corrected chi connectivity index (χ4v) is 3.29. The summed E-state index contributed by atoms with van der Waals surface area (Å²) in [7, 11) is -0.710. The number of ether oxygens (including phenoxy) is 2. The smallest absolute Gasteiger partial charge is 0.337 e. The summed E-state index contributed by atoms with van der Waals surface area (Å²) < 4.78 is 35.2. The van der Waals surface area contributed by atoms with Gasteiger partial charge in [-0.2, -0.15) is 0 Å². The van der Waals surface area contributed by atoms with E-state index in [9.17, 15) is 22.8 Å². The monoisotopic (exact) mass is 373 g/mol. The van der Waals surface area contributed by atoms with Gasteiger partial charge in [-0.1, -0.05) is 6.92 Å². The van der Waals surface area contributed by atoms with E-state index < -0.39 is 33.8 Å². The second-order valence-corrected chi connectivity index (χ2v) is 7.30. The number of carboxylic acids is 1. The van der Waals surface area contributed by atoms with Crippen molar-refractivity contribution in [3.63, 3.8) is 0 Å². The molecule has 9 nitrogen and oxygen atoms in total. The molecule has 1 rings (SSSR count). The lowest BCUT2D eigenvalue weighted by molar-refractivity contribution is -0.141. The third-order valence-electron chi connectivity index (χ3n) is 3.41. The molecule has 25 heavy (non-hydrogen) atoms. The van der Waals surface area contributed by atoms with Crippen LogP contribution in [0.5, 0.6) is 0 Å². The van der Waals surface area contributed by atoms with Gasteiger partial charge in [0.2, 0.25) is 10.0 Å². The summed E-state index contributed by atoms with van der Waals surface area (Å²) in [6.07, 6.45) is 0. The number of nitrogens with zero attached hydrogens (tertiary/aromatic N) is 1. The average Bonchev–Trinajstić information content (AvgIpc) is 2.59. The SMILES string of the molecule is COC(=O)c1cc(C(=O)OC)cc(S(=O)(=O)N(C)CC(C)C(=O)O)c1. The van der Waals surface area contributed by atoms with Gasteiger partial charge in [0.1, 0.15) is 0 Å². The largest absolute Gasteiger partial charge is 0.481 e. The second-order valence-electron chi connectivity index (χ2n) is 5.25. The van der Waals surface area contributed by atoms with Crippen LogP contribution in [0.1, 0.15) is 27.6 Å². The molecule has 138 valence electrons. The zero-order chi connectivity index (χ0) is 19.4. The number of sulfonamides is 1. The van der Waals surface area contributed by atoms with Crippen LogP contribution in [0, 0.1) is 5.92 Å². The fraction of sp³-hybridized carbons (Fsp3) is 0.400. The minimum Gasteiger partial charge on any atom is -0.481 e. The molecule has 0 aliphatic carbocycles. The maximum atomic E-state index is 12.6. The lowest BCUT2D eigenvalue weighted by atomic mass is 10.1. The molecule has 10 heteroatoms. The molecular formula is C15H19NO8S. The van der Waals surface area contributed by atoms with Gasteiger partial charge in [0.05, 0.1) is 36.2 Å². The Morgan fingerprint density at radius 2 is 1.52 bits per heavy atom. The lowest BCUT2D eigenvalue weighted by Gasteiger charge is -2.20. The number of methoxy groups -OCH3 is 2. The van der Waals surface area contributed by atoms with Gasteiger partial charge >= 0.3 is 17.9 Å². The number of carboxylic acid groups (broad SMARTS) is 1. The topological polar surface area (TPSA) is 127 Å². The van der Waals surface area contributed by atoms with E-state index in [2.05, 4.69) is 9.47 Å². The summed E-state index contributed by atoms with van der Waals surface area (Å²) in [4.78, 5) is 34.0. The van der Waals surface area contributed by atoms with E-state index in [-0.39, 0.29) is 22.6 Å². The van der Waals surface area contributed by atoms with Gasteiger partial charge < -0.3 is 14.6 Å². The standard InChI is InChI=1S/C15H19NO8S/c1-9(13(17)18)8-16(2)25(21,22)12-6-10(14(19)23-3)5-11(7-12)15(20)24-4/h5-7,9H,8H2,1-4H3,(H,17,18). The van der Waals surface area contributed by atoms with Crippen molar-refractivity contribution in [2.45, 2.75) is 11.8 Å². The zero-order valence-electron chi connectivity index (χ0n) is 14.2. The summed E-state index contributed by atoms with van der Waals surface area (Å²) in [5.41, 5.74) is -0.299. The Morgan fingerprint density at radius 3 is 1.88 bits per heavy atom. The molecule has 1 N–H and O–H groups in total. The van der Waals surface area contributed by atoms with Crippen LogP contribution >= 0.6 is 0 Å². The molecule has 0 heterocycles. The molecule has 0 saturated heterocycles. The number of aliphatic carboxylic acids is 1. The maximum Gasteiger partial charge on any atom is 0.337 e. The highest BCUT2D eigenvalue weighted by Gasteiger charge is 2.27. The normalized spacial score (nSPS) is 12.5. The minimum atomic E-state index is -4.14. The first-order valence-corrected chi connectivity index (χ1v) is 8.49. The molecule has 0 saturated carbocycles. The number of esters is 2. The summed E-state index contributed by atoms with van der Waals surface area (Å²) in [6.45, 7) is 1.08. The van der Waals surface area contributed by atoms with E-state index in [0.29, 0.717) is 0 Å². The van der Waals surface area contributed by atoms with Gasteiger partial charge in [0.15, 0.2) is 0 Å². The Kier molecular flexibility index (Phi) is 6.65. The van der Waals surface area contributed by atoms with E-state index >= 15 is 0 Å². The summed E-state index contributed by atoms with van der Waals surface area (Å²) in [5.74, 6) is -3.75. The first-order valence-electron chi connectivity index (χ1n) is 7.05. The Labute approximate surface area is 145 Å². The van der Waals surface area contributed by atoms with Crippen molar-refractivity contribution in [3.05, 3.63) is 29.3 Å². The number of benzene rings is 1. The number of carbonyl (C=O) groups excluding carboxylic acids is 2. The summed E-state index contributed by atoms with van der Waals surface area (Å²) in [5, 5.41) is 8.92. The fourth-order valence-electron chi connectivity index (χ4n) is 1.96. The quantitative estimate of drug-likeness (QED) is 0.688. The molecule has 0 aromatic heterocycles. The first-order chi connectivity index (χ1) is 11.5. The second kappa shape index (κ2) is 8.08. The van der Waals surface area contributed by atoms with Crippen molar-refractivity contribution in [1.82, 2.24) is 4.31 Å². The highest BCUT2D eigenvalue weighted by molar-refractivity contribution is 7.89. The predicted octanol–water partition coefficient (Wildman–Crippen LogP) is 0.601. The first kappa shape index (κ1) is 20.6. The number of carbonyl (C=O) groups is 3. The van der Waals surface area contributed by atoms with Gasteiger partial charge in [-0.05, 0) is 18.2 Å².